The molecule has 0 spiro atoms. The zero-order valence-corrected chi connectivity index (χ0v) is 13.8. The van der Waals surface area contributed by atoms with E-state index in [4.69, 9.17) is 11.6 Å². The van der Waals surface area contributed by atoms with Gasteiger partial charge >= 0.3 is 0 Å². The van der Waals surface area contributed by atoms with E-state index >= 15 is 0 Å². The van der Waals surface area contributed by atoms with E-state index in [1.807, 2.05) is 13.0 Å². The Kier molecular flexibility index (Phi) is 6.28. The number of halogens is 1. The third kappa shape index (κ3) is 4.77. The average Bonchev–Trinajstić information content (AvgIpc) is 2.61. The first-order valence-corrected chi connectivity index (χ1v) is 7.77. The fourth-order valence-corrected chi connectivity index (χ4v) is 2.01. The summed E-state index contributed by atoms with van der Waals surface area (Å²) >= 11 is 5.60. The van der Waals surface area contributed by atoms with Gasteiger partial charge in [-0.1, -0.05) is 24.6 Å². The van der Waals surface area contributed by atoms with E-state index in [1.165, 1.54) is 6.20 Å². The second-order valence-electron chi connectivity index (χ2n) is 5.01. The Balaban J connectivity index is 1.96. The first kappa shape index (κ1) is 17.9. The van der Waals surface area contributed by atoms with Crippen molar-refractivity contribution in [1.29, 1.82) is 0 Å². The Hall–Kier alpha value is -2.45. The van der Waals surface area contributed by atoms with E-state index in [1.54, 1.807) is 12.1 Å². The zero-order chi connectivity index (χ0) is 17.5. The Labute approximate surface area is 143 Å². The molecule has 1 atom stereocenters. The lowest BCUT2D eigenvalue weighted by atomic mass is 10.2. The van der Waals surface area contributed by atoms with Gasteiger partial charge in [0.1, 0.15) is 10.7 Å². The molecule has 0 saturated heterocycles. The van der Waals surface area contributed by atoms with Crippen LogP contribution in [0.2, 0.25) is 5.02 Å². The van der Waals surface area contributed by atoms with Crippen molar-refractivity contribution >= 4 is 23.5 Å². The first-order valence-electron chi connectivity index (χ1n) is 7.39. The van der Waals surface area contributed by atoms with Gasteiger partial charge in [0.05, 0.1) is 18.8 Å². The van der Waals surface area contributed by atoms with Gasteiger partial charge in [-0.15, -0.1) is 0 Å². The van der Waals surface area contributed by atoms with Crippen LogP contribution in [0.15, 0.2) is 29.2 Å². The number of aromatic nitrogens is 3. The number of aliphatic hydroxyl groups excluding tert-OH is 1. The third-order valence-electron chi connectivity index (χ3n) is 3.23. The van der Waals surface area contributed by atoms with Crippen LogP contribution in [-0.4, -0.2) is 45.2 Å². The molecule has 8 nitrogen and oxygen atoms in total. The number of hydrogen-bond donors (Lipinski definition) is 4. The molecule has 0 bridgehead atoms. The molecule has 0 aromatic carbocycles. The second kappa shape index (κ2) is 8.42. The van der Waals surface area contributed by atoms with Crippen LogP contribution in [-0.2, 0) is 6.42 Å². The Morgan fingerprint density at radius 3 is 2.92 bits per heavy atom. The highest BCUT2D eigenvalue weighted by molar-refractivity contribution is 6.30. The minimum Gasteiger partial charge on any atom is -0.394 e. The van der Waals surface area contributed by atoms with Crippen molar-refractivity contribution in [2.75, 3.05) is 18.5 Å². The SMILES string of the molecule is CCc1cccc(C(=O)NC[C@H](CO)Nc2ncc(Cl)c(=O)[nH]2)n1. The van der Waals surface area contributed by atoms with Gasteiger partial charge in [-0.25, -0.2) is 9.97 Å². The molecule has 128 valence electrons. The zero-order valence-electron chi connectivity index (χ0n) is 13.0. The summed E-state index contributed by atoms with van der Waals surface area (Å²) in [5.74, 6) is -0.188. The standard InChI is InChI=1S/C15H18ClN5O3/c1-2-9-4-3-5-12(19-9)14(24)17-6-10(8-22)20-15-18-7-11(16)13(23)21-15/h3-5,7,10,22H,2,6,8H2,1H3,(H,17,24)(H2,18,20,21,23)/t10-/m1/s1. The lowest BCUT2D eigenvalue weighted by molar-refractivity contribution is 0.0944. The number of aryl methyl sites for hydroxylation is 1. The summed E-state index contributed by atoms with van der Waals surface area (Å²) in [6, 6.07) is 4.70. The van der Waals surface area contributed by atoms with Crippen LogP contribution in [0.5, 0.6) is 0 Å². The number of amides is 1. The first-order chi connectivity index (χ1) is 11.5. The van der Waals surface area contributed by atoms with Crippen LogP contribution < -0.4 is 16.2 Å². The summed E-state index contributed by atoms with van der Waals surface area (Å²) in [6.07, 6.45) is 1.94. The Morgan fingerprint density at radius 1 is 1.46 bits per heavy atom. The van der Waals surface area contributed by atoms with E-state index < -0.39 is 11.6 Å². The van der Waals surface area contributed by atoms with E-state index in [0.29, 0.717) is 5.69 Å². The summed E-state index contributed by atoms with van der Waals surface area (Å²) < 4.78 is 0. The number of aliphatic hydroxyl groups is 1. The molecule has 0 fully saturated rings. The maximum absolute atomic E-state index is 12.1. The fourth-order valence-electron chi connectivity index (χ4n) is 1.92. The van der Waals surface area contributed by atoms with Crippen molar-refractivity contribution in [2.45, 2.75) is 19.4 Å². The molecular formula is C15H18ClN5O3. The Morgan fingerprint density at radius 2 is 2.25 bits per heavy atom. The number of rotatable bonds is 7. The van der Waals surface area contributed by atoms with Crippen LogP contribution in [0.3, 0.4) is 0 Å². The molecule has 2 aromatic rings. The van der Waals surface area contributed by atoms with Crippen LogP contribution in [0.1, 0.15) is 23.1 Å². The van der Waals surface area contributed by atoms with Crippen LogP contribution >= 0.6 is 11.6 Å². The fraction of sp³-hybridized carbons (Fsp3) is 0.333. The highest BCUT2D eigenvalue weighted by Crippen LogP contribution is 2.03. The van der Waals surface area contributed by atoms with Gasteiger partial charge in [0.2, 0.25) is 5.95 Å². The number of anilines is 1. The van der Waals surface area contributed by atoms with Crippen LogP contribution in [0, 0.1) is 0 Å². The average molecular weight is 352 g/mol. The number of nitrogens with zero attached hydrogens (tertiary/aromatic N) is 2. The van der Waals surface area contributed by atoms with Gasteiger partial charge in [-0.05, 0) is 18.6 Å². The molecule has 2 rings (SSSR count). The van der Waals surface area contributed by atoms with Crippen molar-refractivity contribution in [2.24, 2.45) is 0 Å². The minimum atomic E-state index is -0.535. The molecule has 0 aliphatic rings. The molecule has 2 heterocycles. The summed E-state index contributed by atoms with van der Waals surface area (Å²) in [5, 5.41) is 14.9. The number of H-pyrrole nitrogens is 1. The van der Waals surface area contributed by atoms with Crippen LogP contribution in [0.4, 0.5) is 5.95 Å². The Bertz CT molecular complexity index is 765. The van der Waals surface area contributed by atoms with Gasteiger partial charge in [-0.3, -0.25) is 14.6 Å². The van der Waals surface area contributed by atoms with E-state index in [-0.39, 0.29) is 30.0 Å². The lowest BCUT2D eigenvalue weighted by Gasteiger charge is -2.17. The number of hydrogen-bond acceptors (Lipinski definition) is 6. The second-order valence-corrected chi connectivity index (χ2v) is 5.42. The van der Waals surface area contributed by atoms with Crippen molar-refractivity contribution in [3.05, 3.63) is 51.2 Å². The number of aromatic amines is 1. The van der Waals surface area contributed by atoms with E-state index in [9.17, 15) is 14.7 Å². The summed E-state index contributed by atoms with van der Waals surface area (Å²) in [6.45, 7) is 1.81. The molecule has 4 N–H and O–H groups in total. The van der Waals surface area contributed by atoms with Crippen molar-refractivity contribution in [1.82, 2.24) is 20.3 Å². The summed E-state index contributed by atoms with van der Waals surface area (Å²) in [7, 11) is 0. The molecule has 0 aliphatic carbocycles. The highest BCUT2D eigenvalue weighted by Gasteiger charge is 2.13. The molecule has 1 amide bonds. The van der Waals surface area contributed by atoms with Crippen molar-refractivity contribution in [3.63, 3.8) is 0 Å². The smallest absolute Gasteiger partial charge is 0.271 e. The number of carbonyl (C=O) groups excluding carboxylic acids is 1. The van der Waals surface area contributed by atoms with Gasteiger partial charge in [0.15, 0.2) is 0 Å². The predicted molar refractivity (Wildman–Crippen MR) is 90.3 cm³/mol. The largest absolute Gasteiger partial charge is 0.394 e. The van der Waals surface area contributed by atoms with Crippen LogP contribution in [0.25, 0.3) is 0 Å². The van der Waals surface area contributed by atoms with E-state index in [0.717, 1.165) is 12.1 Å². The monoisotopic (exact) mass is 351 g/mol. The maximum Gasteiger partial charge on any atom is 0.271 e. The minimum absolute atomic E-state index is 0.0312. The summed E-state index contributed by atoms with van der Waals surface area (Å²) in [4.78, 5) is 34.1. The van der Waals surface area contributed by atoms with Crippen molar-refractivity contribution in [3.8, 4) is 0 Å². The van der Waals surface area contributed by atoms with Gasteiger partial charge in [-0.2, -0.15) is 0 Å². The molecule has 2 aromatic heterocycles. The number of pyridine rings is 1. The normalized spacial score (nSPS) is 11.8. The molecule has 0 saturated carbocycles. The quantitative estimate of drug-likeness (QED) is 0.579. The molecule has 24 heavy (non-hydrogen) atoms. The van der Waals surface area contributed by atoms with Gasteiger partial charge in [0, 0.05) is 12.2 Å². The van der Waals surface area contributed by atoms with E-state index in [2.05, 4.69) is 25.6 Å². The van der Waals surface area contributed by atoms with Gasteiger partial charge in [0.25, 0.3) is 11.5 Å². The molecule has 0 aliphatic heterocycles. The highest BCUT2D eigenvalue weighted by atomic mass is 35.5. The lowest BCUT2D eigenvalue weighted by Crippen LogP contribution is -2.39. The molecule has 0 unspecified atom stereocenters. The van der Waals surface area contributed by atoms with Gasteiger partial charge < -0.3 is 15.7 Å². The molecule has 0 radical (unpaired) electrons. The third-order valence-corrected chi connectivity index (χ3v) is 3.50. The maximum atomic E-state index is 12.1. The molecular weight excluding hydrogens is 334 g/mol. The summed E-state index contributed by atoms with van der Waals surface area (Å²) in [5.41, 5.74) is 0.641. The number of carbonyl (C=O) groups is 1. The molecule has 9 heteroatoms. The number of nitrogens with one attached hydrogen (secondary N) is 3. The topological polar surface area (TPSA) is 120 Å². The van der Waals surface area contributed by atoms with Crippen molar-refractivity contribution < 1.29 is 9.90 Å². The predicted octanol–water partition coefficient (Wildman–Crippen LogP) is 0.583.